The minimum atomic E-state index is -0.339. The SMILES string of the molecule is O=c1cc([O-])[n+](-c2ccccc2)cn1-c1ccccc1. The molecule has 98 valence electrons. The summed E-state index contributed by atoms with van der Waals surface area (Å²) in [5.41, 5.74) is 1.11. The van der Waals surface area contributed by atoms with Gasteiger partial charge >= 0.3 is 5.56 Å². The molecule has 0 N–H and O–H groups in total. The molecule has 0 aliphatic heterocycles. The number of nitrogens with zero attached hydrogens (tertiary/aromatic N) is 2. The van der Waals surface area contributed by atoms with Gasteiger partial charge < -0.3 is 5.11 Å². The molecule has 20 heavy (non-hydrogen) atoms. The molecule has 0 saturated carbocycles. The van der Waals surface area contributed by atoms with E-state index in [1.165, 1.54) is 15.5 Å². The lowest BCUT2D eigenvalue weighted by atomic mass is 10.3. The first-order chi connectivity index (χ1) is 9.75. The smallest absolute Gasteiger partial charge is 0.341 e. The molecule has 0 aliphatic carbocycles. The Hall–Kier alpha value is -2.88. The van der Waals surface area contributed by atoms with Gasteiger partial charge in [-0.15, -0.1) is 0 Å². The van der Waals surface area contributed by atoms with E-state index in [0.717, 1.165) is 17.4 Å². The highest BCUT2D eigenvalue weighted by atomic mass is 16.3. The summed E-state index contributed by atoms with van der Waals surface area (Å²) in [4.78, 5) is 12.0. The first kappa shape index (κ1) is 12.2. The van der Waals surface area contributed by atoms with E-state index in [9.17, 15) is 9.90 Å². The topological polar surface area (TPSA) is 48.9 Å². The number of rotatable bonds is 2. The number of hydrogen-bond acceptors (Lipinski definition) is 2. The normalized spacial score (nSPS) is 10.4. The Morgan fingerprint density at radius 2 is 1.50 bits per heavy atom. The van der Waals surface area contributed by atoms with Crippen LogP contribution in [-0.4, -0.2) is 4.57 Å². The van der Waals surface area contributed by atoms with Crippen LogP contribution < -0.4 is 15.2 Å². The molecule has 0 saturated heterocycles. The van der Waals surface area contributed by atoms with Crippen LogP contribution in [0.25, 0.3) is 11.4 Å². The molecule has 1 heterocycles. The second kappa shape index (κ2) is 5.01. The van der Waals surface area contributed by atoms with Crippen molar-refractivity contribution >= 4 is 0 Å². The van der Waals surface area contributed by atoms with Crippen LogP contribution in [0.1, 0.15) is 0 Å². The van der Waals surface area contributed by atoms with Crippen molar-refractivity contribution in [2.24, 2.45) is 0 Å². The van der Waals surface area contributed by atoms with Crippen LogP contribution >= 0.6 is 0 Å². The summed E-state index contributed by atoms with van der Waals surface area (Å²) in [7, 11) is 0. The Morgan fingerprint density at radius 1 is 0.900 bits per heavy atom. The molecule has 0 aliphatic rings. The number of aromatic nitrogens is 2. The van der Waals surface area contributed by atoms with Crippen LogP contribution in [0.2, 0.25) is 0 Å². The quantitative estimate of drug-likeness (QED) is 0.653. The van der Waals surface area contributed by atoms with Crippen LogP contribution in [-0.2, 0) is 0 Å². The Morgan fingerprint density at radius 3 is 2.15 bits per heavy atom. The molecule has 4 nitrogen and oxygen atoms in total. The zero-order valence-corrected chi connectivity index (χ0v) is 10.6. The highest BCUT2D eigenvalue weighted by Crippen LogP contribution is 2.06. The van der Waals surface area contributed by atoms with Gasteiger partial charge in [0.05, 0.1) is 11.9 Å². The lowest BCUT2D eigenvalue weighted by molar-refractivity contribution is -0.654. The fourth-order valence-electron chi connectivity index (χ4n) is 2.04. The van der Waals surface area contributed by atoms with E-state index in [-0.39, 0.29) is 11.4 Å². The first-order valence-electron chi connectivity index (χ1n) is 6.22. The highest BCUT2D eigenvalue weighted by molar-refractivity contribution is 5.31. The lowest BCUT2D eigenvalue weighted by Crippen LogP contribution is -2.40. The predicted octanol–water partition coefficient (Wildman–Crippen LogP) is 1.19. The van der Waals surface area contributed by atoms with Crippen molar-refractivity contribution in [3.63, 3.8) is 0 Å². The van der Waals surface area contributed by atoms with Crippen molar-refractivity contribution in [2.45, 2.75) is 0 Å². The van der Waals surface area contributed by atoms with Gasteiger partial charge in [0.2, 0.25) is 0 Å². The molecule has 0 bridgehead atoms. The fraction of sp³-hybridized carbons (Fsp3) is 0. The third-order valence-electron chi connectivity index (χ3n) is 3.02. The summed E-state index contributed by atoms with van der Waals surface area (Å²) in [5.74, 6) is -0.339. The highest BCUT2D eigenvalue weighted by Gasteiger charge is 2.11. The second-order valence-corrected chi connectivity index (χ2v) is 4.35. The molecule has 0 spiro atoms. The number of hydrogen-bond donors (Lipinski definition) is 0. The molecule has 0 radical (unpaired) electrons. The maximum absolute atomic E-state index is 12.0. The van der Waals surface area contributed by atoms with Crippen molar-refractivity contribution in [3.05, 3.63) is 83.4 Å². The van der Waals surface area contributed by atoms with Crippen molar-refractivity contribution in [1.82, 2.24) is 4.57 Å². The van der Waals surface area contributed by atoms with Crippen LogP contribution in [0.4, 0.5) is 0 Å². The van der Waals surface area contributed by atoms with Crippen LogP contribution in [0.5, 0.6) is 5.88 Å². The molecule has 2 aromatic carbocycles. The molecule has 0 fully saturated rings. The van der Waals surface area contributed by atoms with Crippen molar-refractivity contribution in [2.75, 3.05) is 0 Å². The van der Waals surface area contributed by atoms with Gasteiger partial charge in [-0.3, -0.25) is 0 Å². The molecule has 3 rings (SSSR count). The molecule has 3 aromatic rings. The Bertz CT molecular complexity index is 781. The monoisotopic (exact) mass is 264 g/mol. The molecule has 0 amide bonds. The predicted molar refractivity (Wildman–Crippen MR) is 73.0 cm³/mol. The van der Waals surface area contributed by atoms with E-state index in [1.54, 1.807) is 0 Å². The molecule has 1 aromatic heterocycles. The van der Waals surface area contributed by atoms with Gasteiger partial charge in [-0.05, 0) is 24.3 Å². The van der Waals surface area contributed by atoms with E-state index in [1.807, 2.05) is 60.7 Å². The van der Waals surface area contributed by atoms with Gasteiger partial charge in [0.25, 0.3) is 6.33 Å². The molecule has 4 heteroatoms. The summed E-state index contributed by atoms with van der Waals surface area (Å²) < 4.78 is 2.91. The Balaban J connectivity index is 2.21. The van der Waals surface area contributed by atoms with Gasteiger partial charge in [0, 0.05) is 0 Å². The summed E-state index contributed by atoms with van der Waals surface area (Å²) >= 11 is 0. The standard InChI is InChI=1S/C16H12N2O2/c19-15-11-16(20)18(14-9-5-2-6-10-14)12-17(15)13-7-3-1-4-8-13/h1-12H. The third-order valence-corrected chi connectivity index (χ3v) is 3.02. The molecular formula is C16H12N2O2. The van der Waals surface area contributed by atoms with Crippen LogP contribution in [0.15, 0.2) is 77.9 Å². The van der Waals surface area contributed by atoms with Crippen molar-refractivity contribution in [1.29, 1.82) is 0 Å². The van der Waals surface area contributed by atoms with Crippen molar-refractivity contribution < 1.29 is 9.67 Å². The molecule has 0 atom stereocenters. The van der Waals surface area contributed by atoms with Gasteiger partial charge in [0.1, 0.15) is 11.4 Å². The molecular weight excluding hydrogens is 252 g/mol. The zero-order chi connectivity index (χ0) is 13.9. The minimum absolute atomic E-state index is 0.339. The summed E-state index contributed by atoms with van der Waals surface area (Å²) in [6, 6.07) is 19.5. The second-order valence-electron chi connectivity index (χ2n) is 4.35. The maximum Gasteiger partial charge on any atom is 0.341 e. The zero-order valence-electron chi connectivity index (χ0n) is 10.6. The van der Waals surface area contributed by atoms with Gasteiger partial charge in [-0.25, -0.2) is 9.36 Å². The summed E-state index contributed by atoms with van der Waals surface area (Å²) in [6.45, 7) is 0. The third kappa shape index (κ3) is 2.19. The fourth-order valence-corrected chi connectivity index (χ4v) is 2.04. The average Bonchev–Trinajstić information content (AvgIpc) is 2.49. The Kier molecular flexibility index (Phi) is 3.05. The van der Waals surface area contributed by atoms with E-state index < -0.39 is 0 Å². The number of benzene rings is 2. The van der Waals surface area contributed by atoms with Crippen molar-refractivity contribution in [3.8, 4) is 17.3 Å². The maximum atomic E-state index is 12.0. The van der Waals surface area contributed by atoms with Crippen LogP contribution in [0, 0.1) is 0 Å². The van der Waals surface area contributed by atoms with Gasteiger partial charge in [0.15, 0.2) is 0 Å². The number of para-hydroxylation sites is 2. The summed E-state index contributed by atoms with van der Waals surface area (Å²) in [6.07, 6.45) is 1.52. The van der Waals surface area contributed by atoms with E-state index >= 15 is 0 Å². The summed E-state index contributed by atoms with van der Waals surface area (Å²) in [5, 5.41) is 12.0. The largest absolute Gasteiger partial charge is 0.842 e. The van der Waals surface area contributed by atoms with Gasteiger partial charge in [-0.1, -0.05) is 36.4 Å². The first-order valence-corrected chi connectivity index (χ1v) is 6.22. The molecule has 0 unspecified atom stereocenters. The van der Waals surface area contributed by atoms with Crippen LogP contribution in [0.3, 0.4) is 0 Å². The average molecular weight is 264 g/mol. The minimum Gasteiger partial charge on any atom is -0.842 e. The van der Waals surface area contributed by atoms with E-state index in [0.29, 0.717) is 0 Å². The van der Waals surface area contributed by atoms with E-state index in [4.69, 9.17) is 0 Å². The Labute approximate surface area is 115 Å². The van der Waals surface area contributed by atoms with Gasteiger partial charge in [-0.2, -0.15) is 4.57 Å². The van der Waals surface area contributed by atoms with E-state index in [2.05, 4.69) is 0 Å². The lowest BCUT2D eigenvalue weighted by Gasteiger charge is -2.11.